The number of halogens is 2. The van der Waals surface area contributed by atoms with Crippen molar-refractivity contribution < 1.29 is 0 Å². The maximum Gasteiger partial charge on any atom is 0.0764 e. The van der Waals surface area contributed by atoms with E-state index in [0.717, 1.165) is 11.4 Å². The van der Waals surface area contributed by atoms with Crippen molar-refractivity contribution in [3.63, 3.8) is 0 Å². The molecule has 0 saturated heterocycles. The van der Waals surface area contributed by atoms with Crippen LogP contribution >= 0.6 is 23.2 Å². The molecule has 0 bridgehead atoms. The van der Waals surface area contributed by atoms with Crippen molar-refractivity contribution in [2.24, 2.45) is 5.73 Å². The lowest BCUT2D eigenvalue weighted by Gasteiger charge is -2.02. The molecule has 0 unspecified atom stereocenters. The highest BCUT2D eigenvalue weighted by molar-refractivity contribution is 6.42. The maximum atomic E-state index is 5.91. The predicted octanol–water partition coefficient (Wildman–Crippen LogP) is 2.64. The van der Waals surface area contributed by atoms with Crippen LogP contribution in [0.5, 0.6) is 0 Å². The van der Waals surface area contributed by atoms with E-state index >= 15 is 0 Å². The number of hydrogen-bond acceptors (Lipinski definition) is 2. The molecule has 78 valence electrons. The Labute approximate surface area is 97.4 Å². The Balaban J connectivity index is 2.40. The molecular weight excluding hydrogens is 233 g/mol. The number of aromatic nitrogens is 2. The molecule has 0 spiro atoms. The zero-order valence-corrected chi connectivity index (χ0v) is 9.33. The van der Waals surface area contributed by atoms with Crippen molar-refractivity contribution in [3.8, 4) is 5.69 Å². The van der Waals surface area contributed by atoms with Crippen molar-refractivity contribution in [3.05, 3.63) is 46.2 Å². The molecule has 3 nitrogen and oxygen atoms in total. The molecular formula is C10H9Cl2N3. The quantitative estimate of drug-likeness (QED) is 0.879. The number of hydrogen-bond donors (Lipinski definition) is 1. The molecule has 0 fully saturated rings. The highest BCUT2D eigenvalue weighted by Gasteiger charge is 2.02. The number of nitrogens with two attached hydrogens (primary N) is 1. The fourth-order valence-electron chi connectivity index (χ4n) is 1.24. The summed E-state index contributed by atoms with van der Waals surface area (Å²) in [7, 11) is 0. The average Bonchev–Trinajstić information content (AvgIpc) is 2.70. The van der Waals surface area contributed by atoms with Gasteiger partial charge in [0.2, 0.25) is 0 Å². The largest absolute Gasteiger partial charge is 0.325 e. The Bertz CT molecular complexity index is 479. The molecule has 2 rings (SSSR count). The predicted molar refractivity (Wildman–Crippen MR) is 61.5 cm³/mol. The zero-order valence-electron chi connectivity index (χ0n) is 7.82. The standard InChI is InChI=1S/C10H9Cl2N3/c11-9-2-1-8(5-10(9)12)15-4-3-7(6-13)14-15/h1-5H,6,13H2. The first kappa shape index (κ1) is 10.5. The smallest absolute Gasteiger partial charge is 0.0764 e. The normalized spacial score (nSPS) is 10.6. The molecule has 1 aromatic carbocycles. The second-order valence-corrected chi connectivity index (χ2v) is 3.87. The highest BCUT2D eigenvalue weighted by Crippen LogP contribution is 2.24. The summed E-state index contributed by atoms with van der Waals surface area (Å²) in [6.07, 6.45) is 1.84. The molecule has 2 N–H and O–H groups in total. The molecule has 0 saturated carbocycles. The van der Waals surface area contributed by atoms with E-state index in [4.69, 9.17) is 28.9 Å². The van der Waals surface area contributed by atoms with Crippen molar-refractivity contribution in [1.29, 1.82) is 0 Å². The zero-order chi connectivity index (χ0) is 10.8. The van der Waals surface area contributed by atoms with Crippen molar-refractivity contribution >= 4 is 23.2 Å². The first-order valence-electron chi connectivity index (χ1n) is 4.41. The Hall–Kier alpha value is -1.03. The Morgan fingerprint density at radius 3 is 2.60 bits per heavy atom. The van der Waals surface area contributed by atoms with E-state index in [9.17, 15) is 0 Å². The molecule has 15 heavy (non-hydrogen) atoms. The number of benzene rings is 1. The van der Waals surface area contributed by atoms with E-state index in [1.807, 2.05) is 18.3 Å². The van der Waals surface area contributed by atoms with Gasteiger partial charge in [-0.2, -0.15) is 5.10 Å². The number of rotatable bonds is 2. The second kappa shape index (κ2) is 4.23. The summed E-state index contributed by atoms with van der Waals surface area (Å²) in [4.78, 5) is 0. The van der Waals surface area contributed by atoms with E-state index < -0.39 is 0 Å². The third-order valence-corrected chi connectivity index (χ3v) is 2.76. The molecule has 5 heteroatoms. The van der Waals surface area contributed by atoms with Gasteiger partial charge >= 0.3 is 0 Å². The summed E-state index contributed by atoms with van der Waals surface area (Å²) in [5.41, 5.74) is 7.17. The van der Waals surface area contributed by atoms with Crippen LogP contribution in [0.25, 0.3) is 5.69 Å². The summed E-state index contributed by atoms with van der Waals surface area (Å²) >= 11 is 11.7. The minimum absolute atomic E-state index is 0.425. The van der Waals surface area contributed by atoms with E-state index in [1.165, 1.54) is 0 Å². The molecule has 2 aromatic rings. The SMILES string of the molecule is NCc1ccn(-c2ccc(Cl)c(Cl)c2)n1. The van der Waals surface area contributed by atoms with Crippen molar-refractivity contribution in [1.82, 2.24) is 9.78 Å². The van der Waals surface area contributed by atoms with Crippen LogP contribution in [-0.4, -0.2) is 9.78 Å². The molecule has 0 amide bonds. The minimum Gasteiger partial charge on any atom is -0.325 e. The fraction of sp³-hybridized carbons (Fsp3) is 0.100. The average molecular weight is 242 g/mol. The molecule has 0 aliphatic rings. The summed E-state index contributed by atoms with van der Waals surface area (Å²) in [5.74, 6) is 0. The lowest BCUT2D eigenvalue weighted by atomic mass is 10.3. The third kappa shape index (κ3) is 2.15. The van der Waals surface area contributed by atoms with Gasteiger partial charge in [0.15, 0.2) is 0 Å². The van der Waals surface area contributed by atoms with E-state index in [1.54, 1.807) is 16.8 Å². The lowest BCUT2D eigenvalue weighted by Crippen LogP contribution is -2.00. The van der Waals surface area contributed by atoms with Gasteiger partial charge in [-0.05, 0) is 24.3 Å². The van der Waals surface area contributed by atoms with Gasteiger partial charge in [0.05, 0.1) is 21.4 Å². The number of nitrogens with zero attached hydrogens (tertiary/aromatic N) is 2. The highest BCUT2D eigenvalue weighted by atomic mass is 35.5. The van der Waals surface area contributed by atoms with Crippen molar-refractivity contribution in [2.45, 2.75) is 6.54 Å². The Morgan fingerprint density at radius 1 is 1.20 bits per heavy atom. The van der Waals surface area contributed by atoms with Gasteiger partial charge in [-0.15, -0.1) is 0 Å². The van der Waals surface area contributed by atoms with Gasteiger partial charge in [-0.1, -0.05) is 23.2 Å². The lowest BCUT2D eigenvalue weighted by molar-refractivity contribution is 0.834. The van der Waals surface area contributed by atoms with Gasteiger partial charge in [0.25, 0.3) is 0 Å². The summed E-state index contributed by atoms with van der Waals surface area (Å²) in [6, 6.07) is 7.21. The van der Waals surface area contributed by atoms with Crippen LogP contribution in [-0.2, 0) is 6.54 Å². The third-order valence-electron chi connectivity index (χ3n) is 2.02. The fourth-order valence-corrected chi connectivity index (χ4v) is 1.53. The van der Waals surface area contributed by atoms with E-state index in [0.29, 0.717) is 16.6 Å². The van der Waals surface area contributed by atoms with E-state index in [-0.39, 0.29) is 0 Å². The first-order valence-corrected chi connectivity index (χ1v) is 5.16. The molecule has 0 radical (unpaired) electrons. The van der Waals surface area contributed by atoms with Gasteiger partial charge in [-0.3, -0.25) is 0 Å². The molecule has 1 aromatic heterocycles. The molecule has 0 atom stereocenters. The van der Waals surface area contributed by atoms with Crippen LogP contribution in [0.1, 0.15) is 5.69 Å². The van der Waals surface area contributed by atoms with Crippen LogP contribution in [0.4, 0.5) is 0 Å². The first-order chi connectivity index (χ1) is 7.20. The summed E-state index contributed by atoms with van der Waals surface area (Å²) in [6.45, 7) is 0.425. The summed E-state index contributed by atoms with van der Waals surface area (Å²) in [5, 5.41) is 5.31. The Kier molecular flexibility index (Phi) is 2.95. The summed E-state index contributed by atoms with van der Waals surface area (Å²) < 4.78 is 1.71. The van der Waals surface area contributed by atoms with Gasteiger partial charge in [-0.25, -0.2) is 4.68 Å². The van der Waals surface area contributed by atoms with Gasteiger partial charge in [0.1, 0.15) is 0 Å². The second-order valence-electron chi connectivity index (χ2n) is 3.05. The van der Waals surface area contributed by atoms with E-state index in [2.05, 4.69) is 5.10 Å². The molecule has 0 aliphatic carbocycles. The Morgan fingerprint density at radius 2 is 2.00 bits per heavy atom. The van der Waals surface area contributed by atoms with Gasteiger partial charge < -0.3 is 5.73 Å². The van der Waals surface area contributed by atoms with Crippen molar-refractivity contribution in [2.75, 3.05) is 0 Å². The topological polar surface area (TPSA) is 43.8 Å². The van der Waals surface area contributed by atoms with Crippen LogP contribution in [0.2, 0.25) is 10.0 Å². The van der Waals surface area contributed by atoms with Crippen LogP contribution in [0.3, 0.4) is 0 Å². The van der Waals surface area contributed by atoms with Crippen LogP contribution in [0, 0.1) is 0 Å². The van der Waals surface area contributed by atoms with Gasteiger partial charge in [0, 0.05) is 12.7 Å². The maximum absolute atomic E-state index is 5.91. The van der Waals surface area contributed by atoms with Crippen LogP contribution in [0.15, 0.2) is 30.5 Å². The monoisotopic (exact) mass is 241 g/mol. The minimum atomic E-state index is 0.425. The molecule has 1 heterocycles. The van der Waals surface area contributed by atoms with Crippen LogP contribution < -0.4 is 5.73 Å². The molecule has 0 aliphatic heterocycles.